The third-order valence-electron chi connectivity index (χ3n) is 5.13. The average Bonchev–Trinajstić information content (AvgIpc) is 2.79. The largest absolute Gasteiger partial charge is 0.481 e. The van der Waals surface area contributed by atoms with Crippen molar-refractivity contribution in [1.82, 2.24) is 5.32 Å². The fourth-order valence-corrected chi connectivity index (χ4v) is 3.23. The van der Waals surface area contributed by atoms with Crippen LogP contribution in [0.1, 0.15) is 25.7 Å². The van der Waals surface area contributed by atoms with Crippen molar-refractivity contribution in [1.29, 1.82) is 0 Å². The third-order valence-corrected chi connectivity index (χ3v) is 5.13. The number of ether oxygens (including phenoxy) is 2. The van der Waals surface area contributed by atoms with Gasteiger partial charge in [0.2, 0.25) is 6.29 Å². The van der Waals surface area contributed by atoms with Gasteiger partial charge in [-0.25, -0.2) is 4.79 Å². The Bertz CT molecular complexity index is 871. The predicted octanol–water partition coefficient (Wildman–Crippen LogP) is -0.0265. The van der Waals surface area contributed by atoms with E-state index in [0.29, 0.717) is 18.7 Å². The number of hydrogen-bond donors (Lipinski definition) is 7. The number of aliphatic carboxylic acids is 2. The zero-order valence-electron chi connectivity index (χ0n) is 18.2. The summed E-state index contributed by atoms with van der Waals surface area (Å²) in [6.07, 6.45) is -1.44. The Morgan fingerprint density at radius 1 is 1.03 bits per heavy atom. The van der Waals surface area contributed by atoms with Crippen LogP contribution in [0.15, 0.2) is 24.3 Å². The molecule has 2 rings (SSSR count). The second-order valence-corrected chi connectivity index (χ2v) is 7.66. The number of carbonyl (C=O) groups is 3. The highest BCUT2D eigenvalue weighted by Crippen LogP contribution is 2.28. The number of carbonyl (C=O) groups excluding carboxylic acids is 1. The van der Waals surface area contributed by atoms with Gasteiger partial charge < -0.3 is 45.6 Å². The van der Waals surface area contributed by atoms with Crippen LogP contribution in [0.2, 0.25) is 0 Å². The first-order valence-electron chi connectivity index (χ1n) is 10.5. The molecule has 1 aromatic rings. The summed E-state index contributed by atoms with van der Waals surface area (Å²) in [5, 5.41) is 53.8. The van der Waals surface area contributed by atoms with Gasteiger partial charge in [-0.1, -0.05) is 0 Å². The topological polar surface area (TPSA) is 195 Å². The first-order chi connectivity index (χ1) is 16.1. The van der Waals surface area contributed by atoms with Crippen LogP contribution in [0, 0.1) is 18.3 Å². The van der Waals surface area contributed by atoms with Crippen LogP contribution in [0.4, 0.5) is 10.5 Å². The number of carboxylic acids is 2. The first kappa shape index (κ1) is 26.9. The van der Waals surface area contributed by atoms with E-state index in [1.807, 2.05) is 0 Å². The highest BCUT2D eigenvalue weighted by molar-refractivity contribution is 5.92. The molecule has 7 N–H and O–H groups in total. The predicted molar refractivity (Wildman–Crippen MR) is 117 cm³/mol. The number of amides is 2. The monoisotopic (exact) mass is 480 g/mol. The molecule has 1 aromatic carbocycles. The van der Waals surface area contributed by atoms with Crippen molar-refractivity contribution in [3.8, 4) is 18.1 Å². The van der Waals surface area contributed by atoms with E-state index in [1.54, 1.807) is 0 Å². The maximum absolute atomic E-state index is 11.9. The Morgan fingerprint density at radius 3 is 2.26 bits per heavy atom. The Balaban J connectivity index is 1.95. The molecule has 1 aliphatic rings. The molecule has 1 heterocycles. The van der Waals surface area contributed by atoms with Crippen LogP contribution in [-0.2, 0) is 14.3 Å². The van der Waals surface area contributed by atoms with Crippen LogP contribution in [0.3, 0.4) is 0 Å². The van der Waals surface area contributed by atoms with Gasteiger partial charge in [-0.05, 0) is 37.1 Å². The number of benzene rings is 1. The van der Waals surface area contributed by atoms with E-state index in [1.165, 1.54) is 24.3 Å². The summed E-state index contributed by atoms with van der Waals surface area (Å²) >= 11 is 0. The summed E-state index contributed by atoms with van der Waals surface area (Å²) in [4.78, 5) is 34.2. The lowest BCUT2D eigenvalue weighted by atomic mass is 9.91. The Labute approximate surface area is 195 Å². The molecular weight excluding hydrogens is 452 g/mol. The van der Waals surface area contributed by atoms with Crippen LogP contribution in [0.5, 0.6) is 5.75 Å². The van der Waals surface area contributed by atoms with E-state index in [9.17, 15) is 29.7 Å². The summed E-state index contributed by atoms with van der Waals surface area (Å²) in [7, 11) is 0. The lowest BCUT2D eigenvalue weighted by Crippen LogP contribution is -2.59. The fourth-order valence-electron chi connectivity index (χ4n) is 3.23. The molecule has 12 heteroatoms. The Morgan fingerprint density at radius 2 is 1.68 bits per heavy atom. The Kier molecular flexibility index (Phi) is 10.1. The number of aliphatic hydroxyl groups is 3. The summed E-state index contributed by atoms with van der Waals surface area (Å²) in [5.74, 6) is -2.48. The number of urea groups is 1. The molecule has 0 aliphatic carbocycles. The van der Waals surface area contributed by atoms with Crippen molar-refractivity contribution in [2.75, 3.05) is 11.9 Å². The highest BCUT2D eigenvalue weighted by Gasteiger charge is 2.47. The maximum atomic E-state index is 11.9. The quantitative estimate of drug-likeness (QED) is 0.128. The van der Waals surface area contributed by atoms with Gasteiger partial charge >= 0.3 is 18.0 Å². The molecule has 0 saturated carbocycles. The number of nitrogens with one attached hydrogen (secondary N) is 2. The van der Waals surface area contributed by atoms with Crippen molar-refractivity contribution in [3.05, 3.63) is 24.3 Å². The number of aliphatic hydroxyl groups excluding tert-OH is 3. The van der Waals surface area contributed by atoms with Crippen molar-refractivity contribution in [2.24, 2.45) is 5.92 Å². The number of hydrogen-bond acceptors (Lipinski definition) is 8. The minimum absolute atomic E-state index is 0.166. The molecule has 0 radical (unpaired) electrons. The van der Waals surface area contributed by atoms with Crippen LogP contribution < -0.4 is 15.4 Å². The van der Waals surface area contributed by atoms with E-state index in [-0.39, 0.29) is 5.75 Å². The van der Waals surface area contributed by atoms with Crippen molar-refractivity contribution >= 4 is 23.7 Å². The average molecular weight is 480 g/mol. The second-order valence-electron chi connectivity index (χ2n) is 7.66. The highest BCUT2D eigenvalue weighted by atomic mass is 16.7. The zero-order valence-corrected chi connectivity index (χ0v) is 18.2. The molecule has 1 saturated heterocycles. The summed E-state index contributed by atoms with van der Waals surface area (Å²) in [6.45, 7) is 0.464. The summed E-state index contributed by atoms with van der Waals surface area (Å²) in [6, 6.07) is 5.50. The van der Waals surface area contributed by atoms with Gasteiger partial charge in [0.1, 0.15) is 24.1 Å². The number of anilines is 1. The SMILES string of the molecule is C#CCCCCNC(=O)Nc1ccc(OC2O[C@H](CC(C(=O)O)C(=O)O)[C@@H](O)[C@H](O)[C@@H]2O)cc1. The molecule has 34 heavy (non-hydrogen) atoms. The molecule has 1 unspecified atom stereocenters. The number of unbranched alkanes of at least 4 members (excludes halogenated alkanes) is 2. The van der Waals surface area contributed by atoms with Gasteiger partial charge in [0.25, 0.3) is 0 Å². The number of rotatable bonds is 11. The molecule has 1 aliphatic heterocycles. The summed E-state index contributed by atoms with van der Waals surface area (Å²) < 4.78 is 10.9. The number of carboxylic acid groups (broad SMARTS) is 2. The van der Waals surface area contributed by atoms with Gasteiger partial charge in [0, 0.05) is 25.1 Å². The standard InChI is InChI=1S/C22H28N2O10/c1-2-3-4-5-10-23-22(32)24-12-6-8-13(9-7-12)33-21-18(27)17(26)16(25)15(34-21)11-14(19(28)29)20(30)31/h1,6-9,14-18,21,25-27H,3-5,10-11H2,(H,28,29)(H,30,31)(H2,23,24,32)/t15-,16-,17+,18+,21?/m1/s1. The first-order valence-corrected chi connectivity index (χ1v) is 10.5. The minimum Gasteiger partial charge on any atom is -0.481 e. The van der Waals surface area contributed by atoms with E-state index in [0.717, 1.165) is 12.8 Å². The molecule has 12 nitrogen and oxygen atoms in total. The van der Waals surface area contributed by atoms with E-state index < -0.39 is 61.0 Å². The maximum Gasteiger partial charge on any atom is 0.319 e. The van der Waals surface area contributed by atoms with E-state index in [2.05, 4.69) is 16.6 Å². The van der Waals surface area contributed by atoms with Crippen molar-refractivity contribution in [2.45, 2.75) is 56.4 Å². The van der Waals surface area contributed by atoms with Gasteiger partial charge in [0.05, 0.1) is 6.10 Å². The molecule has 1 fully saturated rings. The van der Waals surface area contributed by atoms with Gasteiger partial charge in [-0.15, -0.1) is 12.3 Å². The molecule has 186 valence electrons. The van der Waals surface area contributed by atoms with Crippen molar-refractivity contribution < 1.29 is 49.4 Å². The Hall–Kier alpha value is -3.37. The lowest BCUT2D eigenvalue weighted by Gasteiger charge is -2.40. The zero-order chi connectivity index (χ0) is 25.3. The number of terminal acetylenes is 1. The molecule has 0 aromatic heterocycles. The van der Waals surface area contributed by atoms with Crippen molar-refractivity contribution in [3.63, 3.8) is 0 Å². The summed E-state index contributed by atoms with van der Waals surface area (Å²) in [5.41, 5.74) is 0.442. The smallest absolute Gasteiger partial charge is 0.319 e. The van der Waals surface area contributed by atoms with Crippen LogP contribution >= 0.6 is 0 Å². The lowest BCUT2D eigenvalue weighted by molar-refractivity contribution is -0.275. The minimum atomic E-state index is -1.89. The molecule has 0 spiro atoms. The fraction of sp³-hybridized carbons (Fsp3) is 0.500. The van der Waals surface area contributed by atoms with Gasteiger partial charge in [-0.2, -0.15) is 0 Å². The van der Waals surface area contributed by atoms with Crippen LogP contribution in [-0.4, -0.2) is 80.8 Å². The molecule has 2 amide bonds. The molecular formula is C22H28N2O10. The normalized spacial score (nSPS) is 24.1. The van der Waals surface area contributed by atoms with Gasteiger partial charge in [0.15, 0.2) is 5.92 Å². The van der Waals surface area contributed by atoms with Gasteiger partial charge in [-0.3, -0.25) is 9.59 Å². The van der Waals surface area contributed by atoms with Crippen LogP contribution in [0.25, 0.3) is 0 Å². The second kappa shape index (κ2) is 12.8. The van der Waals surface area contributed by atoms with E-state index in [4.69, 9.17) is 26.1 Å². The van der Waals surface area contributed by atoms with E-state index >= 15 is 0 Å². The molecule has 5 atom stereocenters. The third kappa shape index (κ3) is 7.60. The molecule has 0 bridgehead atoms.